The molecule has 1 amide bonds. The molecular weight excluding hydrogens is 208 g/mol. The van der Waals surface area contributed by atoms with Gasteiger partial charge in [-0.15, -0.1) is 0 Å². The number of carbonyl (C=O) groups excluding carboxylic acids is 1. The molecule has 5 nitrogen and oxygen atoms in total. The van der Waals surface area contributed by atoms with E-state index < -0.39 is 11.9 Å². The van der Waals surface area contributed by atoms with Gasteiger partial charge in [0.25, 0.3) is 0 Å². The van der Waals surface area contributed by atoms with Crippen LogP contribution in [0.1, 0.15) is 0 Å². The first-order valence-corrected chi connectivity index (χ1v) is 4.55. The highest BCUT2D eigenvalue weighted by Gasteiger charge is 2.12. The summed E-state index contributed by atoms with van der Waals surface area (Å²) in [6.45, 7) is 0. The standard InChI is InChI=1S/C11H8N2O3/c14-10(11(15)16)13-9-3-1-2-7-6-12-5-4-8(7)9/h1-6H,(H,13,14)(H,15,16). The lowest BCUT2D eigenvalue weighted by atomic mass is 10.1. The van der Waals surface area contributed by atoms with Gasteiger partial charge in [-0.25, -0.2) is 4.79 Å². The van der Waals surface area contributed by atoms with Gasteiger partial charge in [0.1, 0.15) is 0 Å². The Kier molecular flexibility index (Phi) is 2.51. The highest BCUT2D eigenvalue weighted by Crippen LogP contribution is 2.21. The number of carbonyl (C=O) groups is 2. The predicted molar refractivity (Wildman–Crippen MR) is 58.0 cm³/mol. The fourth-order valence-electron chi connectivity index (χ4n) is 1.41. The Labute approximate surface area is 90.7 Å². The summed E-state index contributed by atoms with van der Waals surface area (Å²) in [6.07, 6.45) is 3.23. The van der Waals surface area contributed by atoms with Gasteiger partial charge in [-0.3, -0.25) is 9.78 Å². The van der Waals surface area contributed by atoms with Crippen molar-refractivity contribution in [3.63, 3.8) is 0 Å². The number of benzene rings is 1. The summed E-state index contributed by atoms with van der Waals surface area (Å²) in [4.78, 5) is 25.4. The molecule has 2 aromatic rings. The van der Waals surface area contributed by atoms with Crippen LogP contribution in [0.5, 0.6) is 0 Å². The number of fused-ring (bicyclic) bond motifs is 1. The van der Waals surface area contributed by atoms with E-state index in [0.717, 1.165) is 10.8 Å². The van der Waals surface area contributed by atoms with Gasteiger partial charge in [0.2, 0.25) is 0 Å². The van der Waals surface area contributed by atoms with Crippen LogP contribution < -0.4 is 5.32 Å². The third-order valence-electron chi connectivity index (χ3n) is 2.12. The average molecular weight is 216 g/mol. The Bertz CT molecular complexity index is 561. The lowest BCUT2D eigenvalue weighted by molar-refractivity contribution is -0.147. The Morgan fingerprint density at radius 1 is 1.25 bits per heavy atom. The van der Waals surface area contributed by atoms with Crippen LogP contribution in [0.4, 0.5) is 5.69 Å². The second kappa shape index (κ2) is 3.98. The molecule has 16 heavy (non-hydrogen) atoms. The Morgan fingerprint density at radius 2 is 2.06 bits per heavy atom. The first-order valence-electron chi connectivity index (χ1n) is 4.55. The van der Waals surface area contributed by atoms with Crippen LogP contribution >= 0.6 is 0 Å². The zero-order chi connectivity index (χ0) is 11.5. The van der Waals surface area contributed by atoms with Crippen molar-refractivity contribution in [1.82, 2.24) is 4.98 Å². The zero-order valence-electron chi connectivity index (χ0n) is 8.18. The van der Waals surface area contributed by atoms with Gasteiger partial charge in [-0.05, 0) is 12.1 Å². The fourth-order valence-corrected chi connectivity index (χ4v) is 1.41. The molecule has 0 saturated carbocycles. The number of anilines is 1. The van der Waals surface area contributed by atoms with E-state index >= 15 is 0 Å². The summed E-state index contributed by atoms with van der Waals surface area (Å²) < 4.78 is 0. The number of pyridine rings is 1. The molecule has 1 heterocycles. The molecule has 0 bridgehead atoms. The third kappa shape index (κ3) is 1.83. The number of hydrogen-bond acceptors (Lipinski definition) is 3. The van der Waals surface area contributed by atoms with Crippen molar-refractivity contribution in [2.45, 2.75) is 0 Å². The molecule has 0 saturated heterocycles. The van der Waals surface area contributed by atoms with Gasteiger partial charge in [0.15, 0.2) is 0 Å². The van der Waals surface area contributed by atoms with Crippen molar-refractivity contribution >= 4 is 28.3 Å². The van der Waals surface area contributed by atoms with Crippen molar-refractivity contribution in [3.8, 4) is 0 Å². The number of aromatic nitrogens is 1. The normalized spacial score (nSPS) is 10.0. The van der Waals surface area contributed by atoms with Crippen molar-refractivity contribution in [3.05, 3.63) is 36.7 Å². The second-order valence-electron chi connectivity index (χ2n) is 3.16. The minimum Gasteiger partial charge on any atom is -0.474 e. The zero-order valence-corrected chi connectivity index (χ0v) is 8.18. The highest BCUT2D eigenvalue weighted by atomic mass is 16.4. The van der Waals surface area contributed by atoms with Crippen LogP contribution in [0.15, 0.2) is 36.7 Å². The summed E-state index contributed by atoms with van der Waals surface area (Å²) >= 11 is 0. The van der Waals surface area contributed by atoms with Gasteiger partial charge in [0.05, 0.1) is 0 Å². The van der Waals surface area contributed by atoms with Crippen molar-refractivity contribution in [2.24, 2.45) is 0 Å². The molecule has 1 aromatic heterocycles. The number of aliphatic carboxylic acids is 1. The van der Waals surface area contributed by atoms with Crippen molar-refractivity contribution in [2.75, 3.05) is 5.32 Å². The molecule has 0 aliphatic carbocycles. The minimum absolute atomic E-state index is 0.465. The molecule has 0 aliphatic rings. The van der Waals surface area contributed by atoms with Gasteiger partial charge in [-0.2, -0.15) is 0 Å². The first kappa shape index (κ1) is 10.1. The van der Waals surface area contributed by atoms with Crippen LogP contribution in [0.3, 0.4) is 0 Å². The van der Waals surface area contributed by atoms with Crippen LogP contribution in [0.2, 0.25) is 0 Å². The molecule has 0 radical (unpaired) electrons. The molecule has 0 atom stereocenters. The minimum atomic E-state index is -1.51. The van der Waals surface area contributed by atoms with E-state index in [-0.39, 0.29) is 0 Å². The number of nitrogens with one attached hydrogen (secondary N) is 1. The molecule has 0 unspecified atom stereocenters. The highest BCUT2D eigenvalue weighted by molar-refractivity contribution is 6.37. The number of amides is 1. The second-order valence-corrected chi connectivity index (χ2v) is 3.16. The van der Waals surface area contributed by atoms with E-state index in [9.17, 15) is 9.59 Å². The van der Waals surface area contributed by atoms with Gasteiger partial charge in [-0.1, -0.05) is 12.1 Å². The average Bonchev–Trinajstić information content (AvgIpc) is 2.29. The first-order chi connectivity index (χ1) is 7.68. The summed E-state index contributed by atoms with van der Waals surface area (Å²) in [5.74, 6) is -2.56. The maximum atomic E-state index is 11.0. The van der Waals surface area contributed by atoms with E-state index in [1.54, 1.807) is 30.6 Å². The maximum Gasteiger partial charge on any atom is 0.394 e. The summed E-state index contributed by atoms with van der Waals surface area (Å²) in [7, 11) is 0. The lowest BCUT2D eigenvalue weighted by Gasteiger charge is -2.05. The van der Waals surface area contributed by atoms with Gasteiger partial charge in [0, 0.05) is 28.9 Å². The molecule has 0 fully saturated rings. The molecule has 0 aliphatic heterocycles. The fraction of sp³-hybridized carbons (Fsp3) is 0. The molecular formula is C11H8N2O3. The molecule has 2 rings (SSSR count). The van der Waals surface area contributed by atoms with E-state index in [1.807, 2.05) is 6.07 Å². The van der Waals surface area contributed by atoms with Gasteiger partial charge >= 0.3 is 11.9 Å². The van der Waals surface area contributed by atoms with Crippen LogP contribution in [0.25, 0.3) is 10.8 Å². The van der Waals surface area contributed by atoms with Crippen LogP contribution in [-0.4, -0.2) is 22.0 Å². The lowest BCUT2D eigenvalue weighted by Crippen LogP contribution is -2.21. The molecule has 5 heteroatoms. The number of carboxylic acids is 1. The van der Waals surface area contributed by atoms with E-state index in [0.29, 0.717) is 5.69 Å². The largest absolute Gasteiger partial charge is 0.474 e. The Balaban J connectivity index is 2.45. The molecule has 2 N–H and O–H groups in total. The van der Waals surface area contributed by atoms with Crippen LogP contribution in [0, 0.1) is 0 Å². The summed E-state index contributed by atoms with van der Waals surface area (Å²) in [5.41, 5.74) is 0.465. The van der Waals surface area contributed by atoms with E-state index in [1.165, 1.54) is 0 Å². The van der Waals surface area contributed by atoms with Crippen LogP contribution in [-0.2, 0) is 9.59 Å². The molecule has 80 valence electrons. The van der Waals surface area contributed by atoms with E-state index in [4.69, 9.17) is 5.11 Å². The predicted octanol–water partition coefficient (Wildman–Crippen LogP) is 1.26. The summed E-state index contributed by atoms with van der Waals surface area (Å²) in [5, 5.41) is 12.4. The Hall–Kier alpha value is -2.43. The number of nitrogens with zero attached hydrogens (tertiary/aromatic N) is 1. The molecule has 1 aromatic carbocycles. The topological polar surface area (TPSA) is 79.3 Å². The van der Waals surface area contributed by atoms with Gasteiger partial charge < -0.3 is 10.4 Å². The third-order valence-corrected chi connectivity index (χ3v) is 2.12. The van der Waals surface area contributed by atoms with Crippen molar-refractivity contribution < 1.29 is 14.7 Å². The monoisotopic (exact) mass is 216 g/mol. The molecule has 0 spiro atoms. The quantitative estimate of drug-likeness (QED) is 0.703. The number of hydrogen-bond donors (Lipinski definition) is 2. The maximum absolute atomic E-state index is 11.0. The number of carboxylic acid groups (broad SMARTS) is 1. The van der Waals surface area contributed by atoms with E-state index in [2.05, 4.69) is 10.3 Å². The number of rotatable bonds is 1. The smallest absolute Gasteiger partial charge is 0.394 e. The summed E-state index contributed by atoms with van der Waals surface area (Å²) in [6, 6.07) is 6.91. The Morgan fingerprint density at radius 3 is 2.81 bits per heavy atom. The van der Waals surface area contributed by atoms with Crippen molar-refractivity contribution in [1.29, 1.82) is 0 Å². The SMILES string of the molecule is O=C(O)C(=O)Nc1cccc2cnccc12.